The van der Waals surface area contributed by atoms with Crippen LogP contribution in [0, 0.1) is 5.82 Å². The lowest BCUT2D eigenvalue weighted by Gasteiger charge is -2.16. The van der Waals surface area contributed by atoms with E-state index in [0.717, 1.165) is 5.56 Å². The number of hydrogen-bond acceptors (Lipinski definition) is 3. The van der Waals surface area contributed by atoms with Crippen molar-refractivity contribution in [2.24, 2.45) is 0 Å². The summed E-state index contributed by atoms with van der Waals surface area (Å²) >= 11 is 0. The van der Waals surface area contributed by atoms with Gasteiger partial charge in [0.2, 0.25) is 5.91 Å². The predicted octanol–water partition coefficient (Wildman–Crippen LogP) is 2.66. The van der Waals surface area contributed by atoms with Gasteiger partial charge in [0.05, 0.1) is 13.5 Å². The van der Waals surface area contributed by atoms with Crippen LogP contribution in [0.5, 0.6) is 0 Å². The van der Waals surface area contributed by atoms with E-state index < -0.39 is 17.8 Å². The summed E-state index contributed by atoms with van der Waals surface area (Å²) < 4.78 is 17.9. The molecule has 2 aromatic rings. The minimum atomic E-state index is -0.726. The molecule has 0 heterocycles. The fraction of sp³-hybridized carbons (Fsp3) is 0.263. The first-order valence-corrected chi connectivity index (χ1v) is 7.74. The van der Waals surface area contributed by atoms with Crippen LogP contribution >= 0.6 is 0 Å². The number of methoxy groups -OCH3 is 1. The third-order valence-corrected chi connectivity index (χ3v) is 3.64. The van der Waals surface area contributed by atoms with E-state index in [1.54, 1.807) is 12.1 Å². The monoisotopic (exact) mass is 329 g/mol. The number of benzene rings is 2. The Labute approximate surface area is 140 Å². The molecule has 0 radical (unpaired) electrons. The number of hydrogen-bond donors (Lipinski definition) is 1. The first-order chi connectivity index (χ1) is 11.6. The van der Waals surface area contributed by atoms with Crippen molar-refractivity contribution < 1.29 is 18.7 Å². The Balaban J connectivity index is 1.95. The number of carbonyl (C=O) groups excluding carboxylic acids is 2. The fourth-order valence-electron chi connectivity index (χ4n) is 2.42. The lowest BCUT2D eigenvalue weighted by molar-refractivity contribution is -0.145. The second kappa shape index (κ2) is 8.82. The van der Waals surface area contributed by atoms with Crippen LogP contribution in [-0.4, -0.2) is 25.0 Å². The maximum Gasteiger partial charge on any atom is 0.328 e. The van der Waals surface area contributed by atoms with Gasteiger partial charge < -0.3 is 10.1 Å². The molecule has 0 spiro atoms. The van der Waals surface area contributed by atoms with Crippen molar-refractivity contribution in [2.75, 3.05) is 7.11 Å². The van der Waals surface area contributed by atoms with Crippen molar-refractivity contribution in [1.29, 1.82) is 0 Å². The highest BCUT2D eigenvalue weighted by Gasteiger charge is 2.21. The van der Waals surface area contributed by atoms with Crippen LogP contribution in [0.2, 0.25) is 0 Å². The van der Waals surface area contributed by atoms with E-state index in [1.165, 1.54) is 19.2 Å². The molecule has 0 bridgehead atoms. The van der Waals surface area contributed by atoms with Crippen LogP contribution in [0.4, 0.5) is 4.39 Å². The van der Waals surface area contributed by atoms with Gasteiger partial charge in [-0.15, -0.1) is 0 Å². The molecule has 2 aromatic carbocycles. The summed E-state index contributed by atoms with van der Waals surface area (Å²) in [4.78, 5) is 24.0. The van der Waals surface area contributed by atoms with Crippen LogP contribution in [0.15, 0.2) is 54.6 Å². The van der Waals surface area contributed by atoms with Crippen LogP contribution in [0.3, 0.4) is 0 Å². The van der Waals surface area contributed by atoms with E-state index in [9.17, 15) is 14.0 Å². The third kappa shape index (κ3) is 5.50. The SMILES string of the molecule is COC(=O)[C@H](CCc1ccccc1)NC(=O)Cc1cccc(F)c1. The van der Waals surface area contributed by atoms with Crippen molar-refractivity contribution in [2.45, 2.75) is 25.3 Å². The average Bonchev–Trinajstić information content (AvgIpc) is 2.58. The lowest BCUT2D eigenvalue weighted by Crippen LogP contribution is -2.42. The molecule has 2 rings (SSSR count). The molecule has 0 unspecified atom stereocenters. The zero-order valence-corrected chi connectivity index (χ0v) is 13.5. The molecular formula is C19H20FNO3. The van der Waals surface area contributed by atoms with Gasteiger partial charge in [0.1, 0.15) is 11.9 Å². The normalized spacial score (nSPS) is 11.6. The maximum absolute atomic E-state index is 13.2. The van der Waals surface area contributed by atoms with Crippen molar-refractivity contribution in [3.63, 3.8) is 0 Å². The Morgan fingerprint density at radius 2 is 1.79 bits per heavy atom. The van der Waals surface area contributed by atoms with Gasteiger partial charge in [0.25, 0.3) is 0 Å². The van der Waals surface area contributed by atoms with E-state index in [2.05, 4.69) is 5.32 Å². The van der Waals surface area contributed by atoms with Gasteiger partial charge in [0.15, 0.2) is 0 Å². The van der Waals surface area contributed by atoms with Crippen LogP contribution in [-0.2, 0) is 27.2 Å². The zero-order chi connectivity index (χ0) is 17.4. The minimum Gasteiger partial charge on any atom is -0.467 e. The highest BCUT2D eigenvalue weighted by molar-refractivity contribution is 5.85. The van der Waals surface area contributed by atoms with Crippen molar-refractivity contribution in [3.8, 4) is 0 Å². The molecule has 5 heteroatoms. The summed E-state index contributed by atoms with van der Waals surface area (Å²) in [5, 5.41) is 2.67. The number of rotatable bonds is 7. The Hall–Kier alpha value is -2.69. The minimum absolute atomic E-state index is 0.0105. The number of esters is 1. The van der Waals surface area contributed by atoms with E-state index in [-0.39, 0.29) is 12.3 Å². The van der Waals surface area contributed by atoms with Crippen LogP contribution < -0.4 is 5.32 Å². The van der Waals surface area contributed by atoms with Gasteiger partial charge in [-0.05, 0) is 36.1 Å². The number of halogens is 1. The number of carbonyl (C=O) groups is 2. The Morgan fingerprint density at radius 3 is 2.46 bits per heavy atom. The predicted molar refractivity (Wildman–Crippen MR) is 88.8 cm³/mol. The molecular weight excluding hydrogens is 309 g/mol. The summed E-state index contributed by atoms with van der Waals surface area (Å²) in [6.45, 7) is 0. The fourth-order valence-corrected chi connectivity index (χ4v) is 2.42. The zero-order valence-electron chi connectivity index (χ0n) is 13.5. The molecule has 0 aromatic heterocycles. The second-order valence-electron chi connectivity index (χ2n) is 5.47. The molecule has 0 saturated carbocycles. The quantitative estimate of drug-likeness (QED) is 0.795. The highest BCUT2D eigenvalue weighted by atomic mass is 19.1. The number of nitrogens with one attached hydrogen (secondary N) is 1. The van der Waals surface area contributed by atoms with E-state index in [4.69, 9.17) is 4.74 Å². The Morgan fingerprint density at radius 1 is 1.08 bits per heavy atom. The highest BCUT2D eigenvalue weighted by Crippen LogP contribution is 2.08. The largest absolute Gasteiger partial charge is 0.467 e. The number of ether oxygens (including phenoxy) is 1. The summed E-state index contributed by atoms with van der Waals surface area (Å²) in [6.07, 6.45) is 1.09. The maximum atomic E-state index is 13.2. The standard InChI is InChI=1S/C19H20FNO3/c1-24-19(23)17(11-10-14-6-3-2-4-7-14)21-18(22)13-15-8-5-9-16(20)12-15/h2-9,12,17H,10-11,13H2,1H3,(H,21,22)/t17-/m0/s1. The van der Waals surface area contributed by atoms with Gasteiger partial charge in [-0.2, -0.15) is 0 Å². The molecule has 1 atom stereocenters. The van der Waals surface area contributed by atoms with Crippen LogP contribution in [0.1, 0.15) is 17.5 Å². The van der Waals surface area contributed by atoms with Gasteiger partial charge in [-0.1, -0.05) is 42.5 Å². The number of amides is 1. The van der Waals surface area contributed by atoms with Gasteiger partial charge in [-0.3, -0.25) is 4.79 Å². The second-order valence-corrected chi connectivity index (χ2v) is 5.47. The Bertz CT molecular complexity index is 688. The molecule has 0 saturated heterocycles. The van der Waals surface area contributed by atoms with Gasteiger partial charge in [0, 0.05) is 0 Å². The van der Waals surface area contributed by atoms with Gasteiger partial charge in [-0.25, -0.2) is 9.18 Å². The van der Waals surface area contributed by atoms with E-state index in [1.807, 2.05) is 30.3 Å². The smallest absolute Gasteiger partial charge is 0.328 e. The molecule has 0 aliphatic heterocycles. The summed E-state index contributed by atoms with van der Waals surface area (Å²) in [5.74, 6) is -1.23. The molecule has 1 N–H and O–H groups in total. The van der Waals surface area contributed by atoms with E-state index >= 15 is 0 Å². The average molecular weight is 329 g/mol. The molecule has 24 heavy (non-hydrogen) atoms. The summed E-state index contributed by atoms with van der Waals surface area (Å²) in [6, 6.07) is 14.8. The van der Waals surface area contributed by atoms with Crippen LogP contribution in [0.25, 0.3) is 0 Å². The summed E-state index contributed by atoms with van der Waals surface area (Å²) in [5.41, 5.74) is 1.63. The molecule has 1 amide bonds. The van der Waals surface area contributed by atoms with Crippen molar-refractivity contribution in [1.82, 2.24) is 5.32 Å². The number of aryl methyl sites for hydroxylation is 1. The topological polar surface area (TPSA) is 55.4 Å². The molecule has 0 aliphatic rings. The third-order valence-electron chi connectivity index (χ3n) is 3.64. The molecule has 4 nitrogen and oxygen atoms in total. The van der Waals surface area contributed by atoms with Crippen molar-refractivity contribution in [3.05, 3.63) is 71.5 Å². The van der Waals surface area contributed by atoms with E-state index in [0.29, 0.717) is 18.4 Å². The first kappa shape index (κ1) is 17.7. The van der Waals surface area contributed by atoms with Crippen molar-refractivity contribution >= 4 is 11.9 Å². The molecule has 126 valence electrons. The van der Waals surface area contributed by atoms with Gasteiger partial charge >= 0.3 is 5.97 Å². The summed E-state index contributed by atoms with van der Waals surface area (Å²) in [7, 11) is 1.29. The first-order valence-electron chi connectivity index (χ1n) is 7.74. The Kier molecular flexibility index (Phi) is 6.49. The molecule has 0 fully saturated rings. The molecule has 0 aliphatic carbocycles. The lowest BCUT2D eigenvalue weighted by atomic mass is 10.0.